The van der Waals surface area contributed by atoms with Gasteiger partial charge >= 0.3 is 6.03 Å². The molecule has 0 radical (unpaired) electrons. The van der Waals surface area contributed by atoms with E-state index in [0.717, 1.165) is 29.7 Å². The molecule has 8 heteroatoms. The van der Waals surface area contributed by atoms with Gasteiger partial charge in [-0.1, -0.05) is 51.1 Å². The summed E-state index contributed by atoms with van der Waals surface area (Å²) in [5.74, 6) is 0.463. The molecule has 1 aliphatic rings. The molecular weight excluding hydrogens is 396 g/mol. The van der Waals surface area contributed by atoms with E-state index in [1.807, 2.05) is 18.2 Å². The second-order valence-electron chi connectivity index (χ2n) is 8.50. The fourth-order valence-electron chi connectivity index (χ4n) is 3.77. The van der Waals surface area contributed by atoms with E-state index in [9.17, 15) is 9.59 Å². The highest BCUT2D eigenvalue weighted by Gasteiger charge is 2.26. The topological polar surface area (TPSA) is 96.7 Å². The predicted molar refractivity (Wildman–Crippen MR) is 119 cm³/mol. The minimum atomic E-state index is -0.344. The highest BCUT2D eigenvalue weighted by Crippen LogP contribution is 2.32. The van der Waals surface area contributed by atoms with Gasteiger partial charge in [0.15, 0.2) is 5.82 Å². The van der Waals surface area contributed by atoms with Crippen LogP contribution in [0.5, 0.6) is 0 Å². The number of benzene rings is 1. The van der Waals surface area contributed by atoms with E-state index in [1.165, 1.54) is 11.2 Å². The lowest BCUT2D eigenvalue weighted by molar-refractivity contribution is -0.117. The van der Waals surface area contributed by atoms with Crippen molar-refractivity contribution < 1.29 is 18.8 Å². The average molecular weight is 429 g/mol. The third-order valence-electron chi connectivity index (χ3n) is 5.38. The molecule has 31 heavy (non-hydrogen) atoms. The number of anilines is 2. The van der Waals surface area contributed by atoms with Gasteiger partial charge in [-0.15, -0.1) is 0 Å². The number of urea groups is 1. The Bertz CT molecular complexity index is 847. The van der Waals surface area contributed by atoms with Gasteiger partial charge in [-0.3, -0.25) is 4.79 Å². The molecule has 1 aliphatic heterocycles. The molecule has 8 nitrogen and oxygen atoms in total. The van der Waals surface area contributed by atoms with E-state index in [0.29, 0.717) is 19.0 Å². The van der Waals surface area contributed by atoms with E-state index in [-0.39, 0.29) is 36.4 Å². The number of carbonyl (C=O) groups is 2. The van der Waals surface area contributed by atoms with Gasteiger partial charge in [0.05, 0.1) is 6.10 Å². The van der Waals surface area contributed by atoms with Gasteiger partial charge in [0.2, 0.25) is 5.91 Å². The monoisotopic (exact) mass is 428 g/mol. The van der Waals surface area contributed by atoms with Gasteiger partial charge in [-0.2, -0.15) is 0 Å². The Labute approximate surface area is 183 Å². The summed E-state index contributed by atoms with van der Waals surface area (Å²) in [6.45, 7) is 9.32. The van der Waals surface area contributed by atoms with Crippen LogP contribution in [0.3, 0.4) is 0 Å². The largest absolute Gasteiger partial charge is 0.376 e. The molecule has 1 aromatic heterocycles. The van der Waals surface area contributed by atoms with Crippen LogP contribution in [0.15, 0.2) is 35.1 Å². The van der Waals surface area contributed by atoms with Crippen LogP contribution in [0.2, 0.25) is 0 Å². The number of rotatable bonds is 8. The summed E-state index contributed by atoms with van der Waals surface area (Å²) in [5.41, 5.74) is 2.97. The molecule has 1 atom stereocenters. The molecule has 0 aliphatic carbocycles. The molecule has 2 aromatic rings. The lowest BCUT2D eigenvalue weighted by atomic mass is 9.93. The fourth-order valence-corrected chi connectivity index (χ4v) is 3.77. The maximum atomic E-state index is 13.3. The Morgan fingerprint density at radius 2 is 1.84 bits per heavy atom. The van der Waals surface area contributed by atoms with Crippen molar-refractivity contribution >= 4 is 23.4 Å². The van der Waals surface area contributed by atoms with Crippen molar-refractivity contribution in [2.45, 2.75) is 58.5 Å². The van der Waals surface area contributed by atoms with Gasteiger partial charge in [0.1, 0.15) is 12.8 Å². The predicted octanol–water partition coefficient (Wildman–Crippen LogP) is 4.57. The minimum Gasteiger partial charge on any atom is -0.376 e. The first-order valence-corrected chi connectivity index (χ1v) is 10.9. The molecule has 1 saturated heterocycles. The van der Waals surface area contributed by atoms with Crippen LogP contribution in [0, 0.1) is 0 Å². The zero-order valence-electron chi connectivity index (χ0n) is 18.7. The van der Waals surface area contributed by atoms with Crippen LogP contribution in [-0.2, 0) is 9.53 Å². The molecular formula is C23H32N4O4. The number of aromatic nitrogens is 1. The maximum absolute atomic E-state index is 13.3. The number of hydrogen-bond donors (Lipinski definition) is 2. The molecule has 2 N–H and O–H groups in total. The zero-order valence-corrected chi connectivity index (χ0v) is 18.7. The number of amides is 3. The Kier molecular flexibility index (Phi) is 7.68. The van der Waals surface area contributed by atoms with Gasteiger partial charge in [0.25, 0.3) is 0 Å². The summed E-state index contributed by atoms with van der Waals surface area (Å²) >= 11 is 0. The zero-order chi connectivity index (χ0) is 22.4. The van der Waals surface area contributed by atoms with E-state index in [4.69, 9.17) is 9.26 Å². The molecule has 0 bridgehead atoms. The second kappa shape index (κ2) is 10.4. The molecule has 3 amide bonds. The molecule has 1 unspecified atom stereocenters. The van der Waals surface area contributed by atoms with Crippen molar-refractivity contribution in [2.24, 2.45) is 0 Å². The Hall–Kier alpha value is -2.87. The number of para-hydroxylation sites is 1. The van der Waals surface area contributed by atoms with Crippen LogP contribution in [0.4, 0.5) is 16.3 Å². The smallest absolute Gasteiger partial charge is 0.322 e. The van der Waals surface area contributed by atoms with Gasteiger partial charge < -0.3 is 24.8 Å². The molecule has 168 valence electrons. The van der Waals surface area contributed by atoms with Crippen molar-refractivity contribution in [3.8, 4) is 0 Å². The molecule has 1 aromatic carbocycles. The van der Waals surface area contributed by atoms with E-state index in [2.05, 4.69) is 43.5 Å². The number of nitrogens with one attached hydrogen (secondary N) is 2. The third-order valence-corrected chi connectivity index (χ3v) is 5.38. The third kappa shape index (κ3) is 6.07. The van der Waals surface area contributed by atoms with E-state index in [1.54, 1.807) is 6.07 Å². The first-order chi connectivity index (χ1) is 14.8. The number of ether oxygens (including phenoxy) is 1. The summed E-state index contributed by atoms with van der Waals surface area (Å²) in [7, 11) is 0. The Balaban J connectivity index is 1.80. The SMILES string of the molecule is CC(C)c1cccc(C(C)C)c1NC(=O)N(CC(=O)Nc1ccon1)CC1CCCO1. The van der Waals surface area contributed by atoms with Crippen molar-refractivity contribution in [1.29, 1.82) is 0 Å². The summed E-state index contributed by atoms with van der Waals surface area (Å²) < 4.78 is 10.5. The van der Waals surface area contributed by atoms with Crippen LogP contribution in [-0.4, -0.2) is 47.8 Å². The van der Waals surface area contributed by atoms with Crippen molar-refractivity contribution in [3.05, 3.63) is 41.7 Å². The van der Waals surface area contributed by atoms with Gasteiger partial charge in [0, 0.05) is 24.9 Å². The molecule has 1 fully saturated rings. The van der Waals surface area contributed by atoms with Crippen molar-refractivity contribution in [2.75, 3.05) is 30.3 Å². The number of carbonyl (C=O) groups excluding carboxylic acids is 2. The van der Waals surface area contributed by atoms with Crippen molar-refractivity contribution in [1.82, 2.24) is 10.1 Å². The molecule has 3 rings (SSSR count). The van der Waals surface area contributed by atoms with Gasteiger partial charge in [-0.05, 0) is 35.8 Å². The molecule has 2 heterocycles. The first-order valence-electron chi connectivity index (χ1n) is 10.9. The lowest BCUT2D eigenvalue weighted by Crippen LogP contribution is -2.44. The Morgan fingerprint density at radius 3 is 2.39 bits per heavy atom. The molecule has 0 saturated carbocycles. The maximum Gasteiger partial charge on any atom is 0.322 e. The summed E-state index contributed by atoms with van der Waals surface area (Å²) in [5, 5.41) is 9.44. The summed E-state index contributed by atoms with van der Waals surface area (Å²) in [6.07, 6.45) is 3.13. The van der Waals surface area contributed by atoms with E-state index >= 15 is 0 Å². The molecule has 0 spiro atoms. The normalized spacial score (nSPS) is 16.0. The summed E-state index contributed by atoms with van der Waals surface area (Å²) in [6, 6.07) is 7.33. The minimum absolute atomic E-state index is 0.0736. The van der Waals surface area contributed by atoms with Crippen LogP contribution in [0.25, 0.3) is 0 Å². The van der Waals surface area contributed by atoms with Crippen LogP contribution < -0.4 is 10.6 Å². The number of hydrogen-bond acceptors (Lipinski definition) is 5. The van der Waals surface area contributed by atoms with Gasteiger partial charge in [-0.25, -0.2) is 4.79 Å². The fraction of sp³-hybridized carbons (Fsp3) is 0.522. The average Bonchev–Trinajstić information content (AvgIpc) is 3.41. The highest BCUT2D eigenvalue weighted by atomic mass is 16.5. The quantitative estimate of drug-likeness (QED) is 0.642. The lowest BCUT2D eigenvalue weighted by Gasteiger charge is -2.27. The Morgan fingerprint density at radius 1 is 1.13 bits per heavy atom. The van der Waals surface area contributed by atoms with E-state index < -0.39 is 0 Å². The first kappa shape index (κ1) is 22.8. The van der Waals surface area contributed by atoms with Crippen LogP contribution >= 0.6 is 0 Å². The highest BCUT2D eigenvalue weighted by molar-refractivity contribution is 5.97. The number of nitrogens with zero attached hydrogens (tertiary/aromatic N) is 2. The summed E-state index contributed by atoms with van der Waals surface area (Å²) in [4.78, 5) is 27.4. The second-order valence-corrected chi connectivity index (χ2v) is 8.50. The van der Waals surface area contributed by atoms with Crippen LogP contribution in [0.1, 0.15) is 63.5 Å². The van der Waals surface area contributed by atoms with Crippen molar-refractivity contribution in [3.63, 3.8) is 0 Å². The standard InChI is InChI=1S/C23H32N4O4/c1-15(2)18-8-5-9-19(16(3)4)22(18)25-23(29)27(13-17-7-6-11-30-17)14-21(28)24-20-10-12-31-26-20/h5,8-10,12,15-17H,6-7,11,13-14H2,1-4H3,(H,25,29)(H,24,26,28).